The largest absolute Gasteiger partial charge is 0.468 e. The second-order valence-electron chi connectivity index (χ2n) is 4.87. The molecule has 0 bridgehead atoms. The Morgan fingerprint density at radius 1 is 1.48 bits per heavy atom. The van der Waals surface area contributed by atoms with Crippen LogP contribution < -0.4 is 0 Å². The fourth-order valence-corrected chi connectivity index (χ4v) is 6.25. The van der Waals surface area contributed by atoms with E-state index in [0.29, 0.717) is 14.4 Å². The molecule has 0 amide bonds. The summed E-state index contributed by atoms with van der Waals surface area (Å²) in [5, 5.41) is 9.17. The van der Waals surface area contributed by atoms with Crippen LogP contribution in [-0.4, -0.2) is 23.9 Å². The van der Waals surface area contributed by atoms with Gasteiger partial charge >= 0.3 is 0 Å². The molecular formula is C13H14BrNO4S2. The highest BCUT2D eigenvalue weighted by Gasteiger charge is 2.39. The van der Waals surface area contributed by atoms with Gasteiger partial charge in [-0.2, -0.15) is 4.31 Å². The molecule has 114 valence electrons. The molecule has 1 aliphatic carbocycles. The Bertz CT molecular complexity index is 719. The van der Waals surface area contributed by atoms with Gasteiger partial charge in [0.2, 0.25) is 10.0 Å². The predicted molar refractivity (Wildman–Crippen MR) is 82.4 cm³/mol. The molecule has 1 N–H and O–H groups in total. The van der Waals surface area contributed by atoms with Crippen LogP contribution in [0.15, 0.2) is 37.6 Å². The van der Waals surface area contributed by atoms with Gasteiger partial charge in [-0.1, -0.05) is 0 Å². The fourth-order valence-electron chi connectivity index (χ4n) is 2.11. The zero-order valence-electron chi connectivity index (χ0n) is 11.0. The first-order chi connectivity index (χ1) is 10.0. The van der Waals surface area contributed by atoms with E-state index in [1.807, 2.05) is 0 Å². The molecule has 0 spiro atoms. The number of nitrogens with zero attached hydrogens (tertiary/aromatic N) is 1. The molecule has 8 heteroatoms. The minimum atomic E-state index is -3.61. The van der Waals surface area contributed by atoms with Crippen molar-refractivity contribution in [3.63, 3.8) is 0 Å². The maximum Gasteiger partial charge on any atom is 0.245 e. The van der Waals surface area contributed by atoms with Crippen molar-refractivity contribution in [1.29, 1.82) is 0 Å². The Labute approximate surface area is 135 Å². The van der Waals surface area contributed by atoms with E-state index in [0.717, 1.165) is 12.8 Å². The van der Waals surface area contributed by atoms with Crippen LogP contribution in [0.4, 0.5) is 0 Å². The van der Waals surface area contributed by atoms with Crippen LogP contribution in [0, 0.1) is 0 Å². The summed E-state index contributed by atoms with van der Waals surface area (Å²) in [6, 6.07) is 5.08. The Balaban J connectivity index is 1.95. The van der Waals surface area contributed by atoms with Crippen LogP contribution in [0.25, 0.3) is 0 Å². The average Bonchev–Trinajstić information content (AvgIpc) is 2.99. The van der Waals surface area contributed by atoms with Gasteiger partial charge in [0.05, 0.1) is 23.2 Å². The first-order valence-electron chi connectivity index (χ1n) is 6.45. The maximum atomic E-state index is 12.9. The summed E-state index contributed by atoms with van der Waals surface area (Å²) >= 11 is 4.52. The van der Waals surface area contributed by atoms with Crippen LogP contribution in [0.3, 0.4) is 0 Å². The molecule has 3 rings (SSSR count). The molecule has 1 fully saturated rings. The number of rotatable bonds is 6. The van der Waals surface area contributed by atoms with E-state index in [9.17, 15) is 13.5 Å². The quantitative estimate of drug-likeness (QED) is 0.821. The van der Waals surface area contributed by atoms with Gasteiger partial charge in [-0.15, -0.1) is 11.3 Å². The van der Waals surface area contributed by atoms with Crippen LogP contribution in [0.1, 0.15) is 23.5 Å². The number of thiophene rings is 1. The average molecular weight is 392 g/mol. The number of sulfonamides is 1. The first kappa shape index (κ1) is 15.2. The molecule has 0 atom stereocenters. The Hall–Kier alpha value is -0.670. The minimum absolute atomic E-state index is 0.0319. The van der Waals surface area contributed by atoms with Gasteiger partial charge < -0.3 is 9.52 Å². The summed E-state index contributed by atoms with van der Waals surface area (Å²) < 4.78 is 33.0. The molecule has 2 aromatic heterocycles. The summed E-state index contributed by atoms with van der Waals surface area (Å²) in [5.74, 6) is 0.624. The van der Waals surface area contributed by atoms with Crippen molar-refractivity contribution < 1.29 is 17.9 Å². The lowest BCUT2D eigenvalue weighted by Crippen LogP contribution is -2.32. The lowest BCUT2D eigenvalue weighted by atomic mass is 10.4. The van der Waals surface area contributed by atoms with Crippen molar-refractivity contribution in [1.82, 2.24) is 4.31 Å². The Morgan fingerprint density at radius 3 is 2.76 bits per heavy atom. The standard InChI is InChI=1S/C13H14BrNO4S2/c14-13-12(6-11(8-16)20-13)21(17,18)15(9-3-4-9)7-10-2-1-5-19-10/h1-2,5-6,9,16H,3-4,7-8H2. The highest BCUT2D eigenvalue weighted by atomic mass is 79.9. The van der Waals surface area contributed by atoms with Gasteiger partial charge in [0, 0.05) is 10.9 Å². The fraction of sp³-hybridized carbons (Fsp3) is 0.385. The number of hydrogen-bond donors (Lipinski definition) is 1. The molecule has 1 aliphatic rings. The maximum absolute atomic E-state index is 12.9. The highest BCUT2D eigenvalue weighted by molar-refractivity contribution is 9.11. The van der Waals surface area contributed by atoms with E-state index in [2.05, 4.69) is 15.9 Å². The van der Waals surface area contributed by atoms with Crippen LogP contribution in [0.5, 0.6) is 0 Å². The summed E-state index contributed by atoms with van der Waals surface area (Å²) in [6.07, 6.45) is 3.28. The van der Waals surface area contributed by atoms with Gasteiger partial charge in [0.1, 0.15) is 10.7 Å². The van der Waals surface area contributed by atoms with Crippen molar-refractivity contribution in [3.8, 4) is 0 Å². The third kappa shape index (κ3) is 3.09. The van der Waals surface area contributed by atoms with E-state index in [1.54, 1.807) is 12.1 Å². The van der Waals surface area contributed by atoms with Gasteiger partial charge in [-0.3, -0.25) is 0 Å². The molecular weight excluding hydrogens is 378 g/mol. The summed E-state index contributed by atoms with van der Waals surface area (Å²) in [4.78, 5) is 0.837. The smallest absolute Gasteiger partial charge is 0.245 e. The molecule has 0 aromatic carbocycles. The van der Waals surface area contributed by atoms with E-state index in [-0.39, 0.29) is 24.1 Å². The van der Waals surface area contributed by atoms with Gasteiger partial charge in [0.25, 0.3) is 0 Å². The van der Waals surface area contributed by atoms with E-state index >= 15 is 0 Å². The second-order valence-corrected chi connectivity index (χ2v) is 9.18. The van der Waals surface area contributed by atoms with Crippen molar-refractivity contribution >= 4 is 37.3 Å². The number of halogens is 1. The topological polar surface area (TPSA) is 70.8 Å². The number of hydrogen-bond acceptors (Lipinski definition) is 5. The summed E-state index contributed by atoms with van der Waals surface area (Å²) in [7, 11) is -3.61. The normalized spacial score (nSPS) is 15.8. The molecule has 0 aliphatic heterocycles. The van der Waals surface area contributed by atoms with Crippen LogP contribution in [-0.2, 0) is 23.2 Å². The van der Waals surface area contributed by atoms with Gasteiger partial charge in [-0.05, 0) is 47.0 Å². The molecule has 0 saturated heterocycles. The molecule has 1 saturated carbocycles. The highest BCUT2D eigenvalue weighted by Crippen LogP contribution is 2.38. The van der Waals surface area contributed by atoms with Crippen LogP contribution >= 0.6 is 27.3 Å². The van der Waals surface area contributed by atoms with E-state index in [1.165, 1.54) is 28.0 Å². The van der Waals surface area contributed by atoms with Crippen molar-refractivity contribution in [2.45, 2.75) is 36.9 Å². The van der Waals surface area contributed by atoms with E-state index < -0.39 is 10.0 Å². The number of furan rings is 1. The first-order valence-corrected chi connectivity index (χ1v) is 9.50. The molecule has 2 aromatic rings. The lowest BCUT2D eigenvalue weighted by Gasteiger charge is -2.20. The number of aliphatic hydroxyl groups excluding tert-OH is 1. The SMILES string of the molecule is O=S(=O)(c1cc(CO)sc1Br)N(Cc1ccco1)C1CC1. The summed E-state index contributed by atoms with van der Waals surface area (Å²) in [6.45, 7) is 0.0666. The Morgan fingerprint density at radius 2 is 2.24 bits per heavy atom. The molecule has 0 unspecified atom stereocenters. The predicted octanol–water partition coefficient (Wildman–Crippen LogP) is 2.95. The minimum Gasteiger partial charge on any atom is -0.468 e. The van der Waals surface area contributed by atoms with Gasteiger partial charge in [0.15, 0.2) is 0 Å². The van der Waals surface area contributed by atoms with E-state index in [4.69, 9.17) is 4.42 Å². The lowest BCUT2D eigenvalue weighted by molar-refractivity contribution is 0.285. The van der Waals surface area contributed by atoms with Crippen LogP contribution in [0.2, 0.25) is 0 Å². The molecule has 5 nitrogen and oxygen atoms in total. The monoisotopic (exact) mass is 391 g/mol. The third-order valence-corrected chi connectivity index (χ3v) is 7.43. The van der Waals surface area contributed by atoms with Crippen molar-refractivity contribution in [2.24, 2.45) is 0 Å². The second kappa shape index (κ2) is 5.85. The number of aliphatic hydroxyl groups is 1. The zero-order chi connectivity index (χ0) is 15.0. The zero-order valence-corrected chi connectivity index (χ0v) is 14.2. The van der Waals surface area contributed by atoms with Crippen molar-refractivity contribution in [3.05, 3.63) is 38.9 Å². The molecule has 21 heavy (non-hydrogen) atoms. The summed E-state index contributed by atoms with van der Waals surface area (Å²) in [5.41, 5.74) is 0. The van der Waals surface area contributed by atoms with Gasteiger partial charge in [-0.25, -0.2) is 8.42 Å². The Kier molecular flexibility index (Phi) is 4.24. The molecule has 0 radical (unpaired) electrons. The molecule has 2 heterocycles. The third-order valence-electron chi connectivity index (χ3n) is 3.29. The van der Waals surface area contributed by atoms with Crippen molar-refractivity contribution in [2.75, 3.05) is 0 Å².